The molecule has 1 N–H and O–H groups in total. The lowest BCUT2D eigenvalue weighted by Crippen LogP contribution is -2.23. The van der Waals surface area contributed by atoms with Gasteiger partial charge in [-0.1, -0.05) is 0 Å². The molecule has 2 atom stereocenters. The first-order valence-corrected chi connectivity index (χ1v) is 5.48. The van der Waals surface area contributed by atoms with Gasteiger partial charge in [-0.15, -0.1) is 0 Å². The molecule has 0 bridgehead atoms. The Labute approximate surface area is 93.6 Å². The predicted octanol–water partition coefficient (Wildman–Crippen LogP) is 2.48. The molecule has 0 aromatic heterocycles. The van der Waals surface area contributed by atoms with Crippen molar-refractivity contribution in [3.05, 3.63) is 29.8 Å². The van der Waals surface area contributed by atoms with E-state index in [1.165, 1.54) is 0 Å². The van der Waals surface area contributed by atoms with Gasteiger partial charge >= 0.3 is 0 Å². The molecule has 1 aromatic carbocycles. The number of rotatable bonds is 3. The number of ether oxygens (including phenoxy) is 1. The maximum Gasteiger partial charge on any atom is 0.165 e. The molecule has 16 heavy (non-hydrogen) atoms. The van der Waals surface area contributed by atoms with Crippen LogP contribution in [0.15, 0.2) is 18.2 Å². The largest absolute Gasteiger partial charge is 0.487 e. The van der Waals surface area contributed by atoms with Gasteiger partial charge in [-0.3, -0.25) is 0 Å². The Morgan fingerprint density at radius 3 is 2.81 bits per heavy atom. The van der Waals surface area contributed by atoms with Crippen molar-refractivity contribution in [3.63, 3.8) is 0 Å². The fraction of sp³-hybridized carbons (Fsp3) is 0.500. The molecule has 0 heterocycles. The van der Waals surface area contributed by atoms with Crippen molar-refractivity contribution in [2.45, 2.75) is 31.4 Å². The topological polar surface area (TPSA) is 21.3 Å². The molecule has 1 saturated carbocycles. The number of nitrogens with one attached hydrogen (secondary N) is 1. The Balaban J connectivity index is 2.01. The molecule has 0 amide bonds. The van der Waals surface area contributed by atoms with Gasteiger partial charge in [0.15, 0.2) is 11.6 Å². The Morgan fingerprint density at radius 1 is 1.31 bits per heavy atom. The van der Waals surface area contributed by atoms with Crippen molar-refractivity contribution in [2.75, 3.05) is 7.05 Å². The standard InChI is InChI=1S/C12H15F2NO/c1-15-9-3-4-10(7-9)16-12-6-8(13)2-5-11(12)14/h2,5-6,9-10,15H,3-4,7H2,1H3. The molecule has 2 nitrogen and oxygen atoms in total. The minimum Gasteiger partial charge on any atom is -0.487 e. The van der Waals surface area contributed by atoms with Crippen molar-refractivity contribution in [1.82, 2.24) is 5.32 Å². The lowest BCUT2D eigenvalue weighted by Gasteiger charge is -2.14. The van der Waals surface area contributed by atoms with Crippen molar-refractivity contribution in [2.24, 2.45) is 0 Å². The third-order valence-corrected chi connectivity index (χ3v) is 2.98. The van der Waals surface area contributed by atoms with Crippen LogP contribution in [-0.2, 0) is 0 Å². The summed E-state index contributed by atoms with van der Waals surface area (Å²) in [7, 11) is 1.90. The van der Waals surface area contributed by atoms with Gasteiger partial charge in [0, 0.05) is 12.1 Å². The van der Waals surface area contributed by atoms with E-state index in [0.29, 0.717) is 6.04 Å². The zero-order chi connectivity index (χ0) is 11.5. The van der Waals surface area contributed by atoms with Crippen molar-refractivity contribution >= 4 is 0 Å². The molecule has 2 rings (SSSR count). The smallest absolute Gasteiger partial charge is 0.165 e. The third kappa shape index (κ3) is 2.50. The van der Waals surface area contributed by atoms with E-state index in [9.17, 15) is 8.78 Å². The predicted molar refractivity (Wildman–Crippen MR) is 57.5 cm³/mol. The molecule has 0 saturated heterocycles. The molecule has 1 aliphatic rings. The van der Waals surface area contributed by atoms with Gasteiger partial charge in [0.1, 0.15) is 11.9 Å². The lowest BCUT2D eigenvalue weighted by molar-refractivity contribution is 0.197. The molecular formula is C12H15F2NO. The van der Waals surface area contributed by atoms with Gasteiger partial charge in [-0.05, 0) is 38.4 Å². The van der Waals surface area contributed by atoms with Crippen LogP contribution in [0.5, 0.6) is 5.75 Å². The Hall–Kier alpha value is -1.16. The summed E-state index contributed by atoms with van der Waals surface area (Å²) in [6, 6.07) is 3.70. The molecule has 4 heteroatoms. The van der Waals surface area contributed by atoms with E-state index in [2.05, 4.69) is 5.32 Å². The highest BCUT2D eigenvalue weighted by Crippen LogP contribution is 2.26. The summed E-state index contributed by atoms with van der Waals surface area (Å²) >= 11 is 0. The van der Waals surface area contributed by atoms with Crippen LogP contribution in [0.1, 0.15) is 19.3 Å². The quantitative estimate of drug-likeness (QED) is 0.856. The second kappa shape index (κ2) is 4.78. The molecule has 0 spiro atoms. The van der Waals surface area contributed by atoms with Crippen molar-refractivity contribution in [3.8, 4) is 5.75 Å². The summed E-state index contributed by atoms with van der Waals surface area (Å²) in [5.74, 6) is -0.962. The summed E-state index contributed by atoms with van der Waals surface area (Å²) in [6.07, 6.45) is 2.71. The van der Waals surface area contributed by atoms with Gasteiger partial charge in [0.05, 0.1) is 0 Å². The molecule has 1 aliphatic carbocycles. The lowest BCUT2D eigenvalue weighted by atomic mass is 10.2. The fourth-order valence-corrected chi connectivity index (χ4v) is 2.06. The van der Waals surface area contributed by atoms with Gasteiger partial charge in [-0.2, -0.15) is 0 Å². The van der Waals surface area contributed by atoms with Crippen LogP contribution < -0.4 is 10.1 Å². The highest BCUT2D eigenvalue weighted by Gasteiger charge is 2.25. The average Bonchev–Trinajstić information content (AvgIpc) is 2.71. The molecule has 88 valence electrons. The summed E-state index contributed by atoms with van der Waals surface area (Å²) < 4.78 is 31.7. The SMILES string of the molecule is CNC1CCC(Oc2cc(F)ccc2F)C1. The van der Waals surface area contributed by atoms with Crippen molar-refractivity contribution in [1.29, 1.82) is 0 Å². The van der Waals surface area contributed by atoms with Crippen LogP contribution in [0.25, 0.3) is 0 Å². The highest BCUT2D eigenvalue weighted by atomic mass is 19.1. The first kappa shape index (κ1) is 11.3. The first-order chi connectivity index (χ1) is 7.69. The summed E-state index contributed by atoms with van der Waals surface area (Å²) in [6.45, 7) is 0. The normalized spacial score (nSPS) is 24.7. The van der Waals surface area contributed by atoms with E-state index in [1.807, 2.05) is 7.05 Å². The minimum atomic E-state index is -0.505. The number of halogens is 2. The van der Waals surface area contributed by atoms with Gasteiger partial charge in [-0.25, -0.2) is 8.78 Å². The molecular weight excluding hydrogens is 212 g/mol. The van der Waals surface area contributed by atoms with Crippen LogP contribution in [0, 0.1) is 11.6 Å². The summed E-state index contributed by atoms with van der Waals surface area (Å²) in [5.41, 5.74) is 0. The van der Waals surface area contributed by atoms with E-state index in [0.717, 1.165) is 37.5 Å². The maximum atomic E-state index is 13.3. The number of hydrogen-bond acceptors (Lipinski definition) is 2. The van der Waals surface area contributed by atoms with Gasteiger partial charge in [0.25, 0.3) is 0 Å². The van der Waals surface area contributed by atoms with E-state index in [1.54, 1.807) is 0 Å². The molecule has 2 unspecified atom stereocenters. The third-order valence-electron chi connectivity index (χ3n) is 2.98. The van der Waals surface area contributed by atoms with E-state index >= 15 is 0 Å². The second-order valence-corrected chi connectivity index (χ2v) is 4.11. The van der Waals surface area contributed by atoms with Crippen LogP contribution in [0.4, 0.5) is 8.78 Å². The van der Waals surface area contributed by atoms with Crippen LogP contribution in [0.2, 0.25) is 0 Å². The van der Waals surface area contributed by atoms with Gasteiger partial charge in [0.2, 0.25) is 0 Å². The van der Waals surface area contributed by atoms with Crippen LogP contribution in [0.3, 0.4) is 0 Å². The average molecular weight is 227 g/mol. The number of benzene rings is 1. The minimum absolute atomic E-state index is 0.0155. The Bertz CT molecular complexity index is 370. The Morgan fingerprint density at radius 2 is 2.12 bits per heavy atom. The first-order valence-electron chi connectivity index (χ1n) is 5.48. The van der Waals surface area contributed by atoms with Crippen LogP contribution >= 0.6 is 0 Å². The maximum absolute atomic E-state index is 13.3. The van der Waals surface area contributed by atoms with E-state index in [4.69, 9.17) is 4.74 Å². The Kier molecular flexibility index (Phi) is 3.39. The van der Waals surface area contributed by atoms with Crippen LogP contribution in [-0.4, -0.2) is 19.2 Å². The van der Waals surface area contributed by atoms with Crippen molar-refractivity contribution < 1.29 is 13.5 Å². The van der Waals surface area contributed by atoms with E-state index in [-0.39, 0.29) is 11.9 Å². The molecule has 1 fully saturated rings. The molecule has 1 aromatic rings. The second-order valence-electron chi connectivity index (χ2n) is 4.11. The highest BCUT2D eigenvalue weighted by molar-refractivity contribution is 5.25. The van der Waals surface area contributed by atoms with E-state index < -0.39 is 11.6 Å². The molecule has 0 radical (unpaired) electrons. The summed E-state index contributed by atoms with van der Waals surface area (Å²) in [5, 5.41) is 3.16. The zero-order valence-electron chi connectivity index (χ0n) is 9.17. The number of hydrogen-bond donors (Lipinski definition) is 1. The van der Waals surface area contributed by atoms with Gasteiger partial charge < -0.3 is 10.1 Å². The summed E-state index contributed by atoms with van der Waals surface area (Å²) in [4.78, 5) is 0. The monoisotopic (exact) mass is 227 g/mol. The molecule has 0 aliphatic heterocycles. The fourth-order valence-electron chi connectivity index (χ4n) is 2.06. The zero-order valence-corrected chi connectivity index (χ0v) is 9.17.